The van der Waals surface area contributed by atoms with Crippen LogP contribution >= 0.6 is 22.9 Å². The molecule has 0 amide bonds. The van der Waals surface area contributed by atoms with Gasteiger partial charge in [-0.05, 0) is 24.3 Å². The highest BCUT2D eigenvalue weighted by Crippen LogP contribution is 2.30. The molecule has 3 aromatic rings. The molecule has 2 N–H and O–H groups in total. The van der Waals surface area contributed by atoms with Gasteiger partial charge in [0.2, 0.25) is 0 Å². The first-order valence-corrected chi connectivity index (χ1v) is 5.79. The van der Waals surface area contributed by atoms with E-state index in [1.807, 2.05) is 22.6 Å². The first-order valence-electron chi connectivity index (χ1n) is 4.60. The van der Waals surface area contributed by atoms with Gasteiger partial charge in [0.1, 0.15) is 0 Å². The molecule has 16 heavy (non-hydrogen) atoms. The Morgan fingerprint density at radius 1 is 1.19 bits per heavy atom. The highest BCUT2D eigenvalue weighted by Gasteiger charge is 2.09. The molecule has 80 valence electrons. The van der Waals surface area contributed by atoms with E-state index < -0.39 is 0 Å². The Morgan fingerprint density at radius 3 is 2.81 bits per heavy atom. The molecule has 3 aromatic heterocycles. The van der Waals surface area contributed by atoms with Crippen LogP contribution in [0.4, 0.5) is 5.69 Å². The maximum absolute atomic E-state index is 5.90. The topological polar surface area (TPSA) is 56.2 Å². The smallest absolute Gasteiger partial charge is 0.178 e. The number of nitrogens with two attached hydrogens (primary N) is 1. The lowest BCUT2D eigenvalue weighted by atomic mass is 10.4. The summed E-state index contributed by atoms with van der Waals surface area (Å²) in [7, 11) is 0. The lowest BCUT2D eigenvalue weighted by molar-refractivity contribution is 1.12. The van der Waals surface area contributed by atoms with Crippen molar-refractivity contribution in [1.29, 1.82) is 0 Å². The van der Waals surface area contributed by atoms with Gasteiger partial charge in [-0.1, -0.05) is 11.6 Å². The van der Waals surface area contributed by atoms with Crippen LogP contribution in [0.5, 0.6) is 0 Å². The van der Waals surface area contributed by atoms with Crippen LogP contribution in [-0.4, -0.2) is 14.6 Å². The zero-order chi connectivity index (χ0) is 11.1. The van der Waals surface area contributed by atoms with E-state index in [9.17, 15) is 0 Å². The highest BCUT2D eigenvalue weighted by atomic mass is 35.5. The fourth-order valence-electron chi connectivity index (χ4n) is 1.51. The maximum atomic E-state index is 5.90. The molecule has 6 heteroatoms. The van der Waals surface area contributed by atoms with Gasteiger partial charge < -0.3 is 5.73 Å². The molecule has 0 atom stereocenters. The zero-order valence-corrected chi connectivity index (χ0v) is 9.66. The molecule has 4 nitrogen and oxygen atoms in total. The third kappa shape index (κ3) is 1.45. The van der Waals surface area contributed by atoms with Crippen molar-refractivity contribution < 1.29 is 0 Å². The minimum Gasteiger partial charge on any atom is -0.398 e. The molecule has 0 aromatic carbocycles. The van der Waals surface area contributed by atoms with Crippen LogP contribution < -0.4 is 5.73 Å². The summed E-state index contributed by atoms with van der Waals surface area (Å²) in [5.74, 6) is 0.763. The number of aromatic nitrogens is 3. The van der Waals surface area contributed by atoms with Gasteiger partial charge >= 0.3 is 0 Å². The Hall–Kier alpha value is -1.59. The van der Waals surface area contributed by atoms with Crippen LogP contribution in [0.3, 0.4) is 0 Å². The first kappa shape index (κ1) is 9.62. The summed E-state index contributed by atoms with van der Waals surface area (Å²) in [6.07, 6.45) is 1.80. The molecule has 0 spiro atoms. The van der Waals surface area contributed by atoms with Gasteiger partial charge in [0.15, 0.2) is 11.5 Å². The van der Waals surface area contributed by atoms with Gasteiger partial charge in [0.25, 0.3) is 0 Å². The van der Waals surface area contributed by atoms with E-state index in [1.54, 1.807) is 12.3 Å². The standard InChI is InChI=1S/C10H7ClN4S/c11-8-3-2-7(16-8)10-14-13-9-4-1-6(12)5-15(9)10/h1-5H,12H2. The number of anilines is 1. The average Bonchev–Trinajstić information content (AvgIpc) is 2.83. The van der Waals surface area contributed by atoms with E-state index in [0.29, 0.717) is 5.69 Å². The molecular weight excluding hydrogens is 244 g/mol. The molecular formula is C10H7ClN4S. The second kappa shape index (κ2) is 3.47. The van der Waals surface area contributed by atoms with Gasteiger partial charge in [-0.2, -0.15) is 0 Å². The van der Waals surface area contributed by atoms with Gasteiger partial charge in [-0.15, -0.1) is 21.5 Å². The lowest BCUT2D eigenvalue weighted by Crippen LogP contribution is -1.91. The van der Waals surface area contributed by atoms with Gasteiger partial charge in [0.05, 0.1) is 9.21 Å². The molecule has 0 aliphatic rings. The number of hydrogen-bond acceptors (Lipinski definition) is 4. The van der Waals surface area contributed by atoms with Gasteiger partial charge in [-0.3, -0.25) is 4.40 Å². The van der Waals surface area contributed by atoms with E-state index in [2.05, 4.69) is 10.2 Å². The second-order valence-electron chi connectivity index (χ2n) is 3.32. The summed E-state index contributed by atoms with van der Waals surface area (Å²) < 4.78 is 2.59. The monoisotopic (exact) mass is 250 g/mol. The van der Waals surface area contributed by atoms with E-state index in [0.717, 1.165) is 20.7 Å². The van der Waals surface area contributed by atoms with Crippen LogP contribution in [0, 0.1) is 0 Å². The van der Waals surface area contributed by atoms with Crippen LogP contribution in [0.2, 0.25) is 4.34 Å². The number of nitrogen functional groups attached to an aromatic ring is 1. The molecule has 0 aliphatic carbocycles. The molecule has 0 unspecified atom stereocenters. The SMILES string of the molecule is Nc1ccc2nnc(-c3ccc(Cl)s3)n2c1. The minimum absolute atomic E-state index is 0.677. The Labute approximate surface area is 100 Å². The number of rotatable bonds is 1. The zero-order valence-electron chi connectivity index (χ0n) is 8.09. The third-order valence-electron chi connectivity index (χ3n) is 2.22. The normalized spacial score (nSPS) is 11.1. The molecule has 0 saturated heterocycles. The van der Waals surface area contributed by atoms with Crippen molar-refractivity contribution in [1.82, 2.24) is 14.6 Å². The quantitative estimate of drug-likeness (QED) is 0.722. The highest BCUT2D eigenvalue weighted by molar-refractivity contribution is 7.19. The van der Waals surface area contributed by atoms with Crippen LogP contribution in [0.25, 0.3) is 16.3 Å². The number of halogens is 1. The number of nitrogens with zero attached hydrogens (tertiary/aromatic N) is 3. The van der Waals surface area contributed by atoms with Gasteiger partial charge in [0, 0.05) is 11.9 Å². The van der Waals surface area contributed by atoms with Crippen molar-refractivity contribution in [2.24, 2.45) is 0 Å². The van der Waals surface area contributed by atoms with E-state index >= 15 is 0 Å². The molecule has 0 aliphatic heterocycles. The average molecular weight is 251 g/mol. The Balaban J connectivity index is 2.27. The first-order chi connectivity index (χ1) is 7.74. The predicted molar refractivity (Wildman–Crippen MR) is 65.7 cm³/mol. The largest absolute Gasteiger partial charge is 0.398 e. The van der Waals surface area contributed by atoms with Gasteiger partial charge in [-0.25, -0.2) is 0 Å². The molecule has 3 heterocycles. The van der Waals surface area contributed by atoms with Crippen molar-refractivity contribution in [3.8, 4) is 10.7 Å². The fourth-order valence-corrected chi connectivity index (χ4v) is 2.53. The maximum Gasteiger partial charge on any atom is 0.178 e. The molecule has 0 bridgehead atoms. The molecule has 0 radical (unpaired) electrons. The Bertz CT molecular complexity index is 658. The van der Waals surface area contributed by atoms with Crippen LogP contribution in [-0.2, 0) is 0 Å². The number of thiophene rings is 1. The fraction of sp³-hybridized carbons (Fsp3) is 0. The molecule has 3 rings (SSSR count). The van der Waals surface area contributed by atoms with Crippen molar-refractivity contribution in [3.05, 3.63) is 34.8 Å². The number of hydrogen-bond donors (Lipinski definition) is 1. The third-order valence-corrected chi connectivity index (χ3v) is 3.45. The summed E-state index contributed by atoms with van der Waals surface area (Å²) in [6.45, 7) is 0. The summed E-state index contributed by atoms with van der Waals surface area (Å²) in [6, 6.07) is 7.40. The summed E-state index contributed by atoms with van der Waals surface area (Å²) >= 11 is 7.36. The molecule has 0 saturated carbocycles. The van der Waals surface area contributed by atoms with Crippen molar-refractivity contribution in [2.45, 2.75) is 0 Å². The molecule has 0 fully saturated rings. The lowest BCUT2D eigenvalue weighted by Gasteiger charge is -1.97. The number of pyridine rings is 1. The van der Waals surface area contributed by atoms with E-state index in [4.69, 9.17) is 17.3 Å². The van der Waals surface area contributed by atoms with Crippen molar-refractivity contribution in [2.75, 3.05) is 5.73 Å². The Kier molecular flexibility index (Phi) is 2.08. The van der Waals surface area contributed by atoms with Crippen LogP contribution in [0.1, 0.15) is 0 Å². The van der Waals surface area contributed by atoms with E-state index in [1.165, 1.54) is 11.3 Å². The number of fused-ring (bicyclic) bond motifs is 1. The van der Waals surface area contributed by atoms with E-state index in [-0.39, 0.29) is 0 Å². The summed E-state index contributed by atoms with van der Waals surface area (Å²) in [4.78, 5) is 0.975. The predicted octanol–water partition coefficient (Wildman–Crippen LogP) is 2.69. The summed E-state index contributed by atoms with van der Waals surface area (Å²) in [5, 5.41) is 8.20. The minimum atomic E-state index is 0.677. The Morgan fingerprint density at radius 2 is 2.06 bits per heavy atom. The van der Waals surface area contributed by atoms with Crippen LogP contribution in [0.15, 0.2) is 30.5 Å². The van der Waals surface area contributed by atoms with Crippen molar-refractivity contribution >= 4 is 34.3 Å². The van der Waals surface area contributed by atoms with Crippen molar-refractivity contribution in [3.63, 3.8) is 0 Å². The summed E-state index contributed by atoms with van der Waals surface area (Å²) in [5.41, 5.74) is 7.19. The second-order valence-corrected chi connectivity index (χ2v) is 5.03.